The molecule has 0 aliphatic carbocycles. The van der Waals surface area contributed by atoms with Crippen molar-refractivity contribution in [2.75, 3.05) is 9.73 Å². The monoisotopic (exact) mass is 776 g/mol. The number of benzene rings is 3. The number of ether oxygens (including phenoxy) is 1. The molecule has 6 N–H and O–H groups in total. The number of nitrogens with zero attached hydrogens (tertiary/aromatic N) is 4. The van der Waals surface area contributed by atoms with E-state index in [0.717, 1.165) is 4.57 Å². The number of carbonyl (C=O) groups excluding carboxylic acids is 2. The lowest BCUT2D eigenvalue weighted by Crippen LogP contribution is -2.44. The predicted molar refractivity (Wildman–Crippen MR) is 202 cm³/mol. The van der Waals surface area contributed by atoms with Gasteiger partial charge in [0.05, 0.1) is 50.7 Å². The van der Waals surface area contributed by atoms with Crippen LogP contribution < -0.4 is 37.9 Å². The summed E-state index contributed by atoms with van der Waals surface area (Å²) in [6.45, 7) is 5.00. The Labute approximate surface area is 313 Å². The smallest absolute Gasteiger partial charge is 0.335 e. The van der Waals surface area contributed by atoms with Gasteiger partial charge in [-0.1, -0.05) is 19.1 Å². The molecule has 0 saturated carbocycles. The summed E-state index contributed by atoms with van der Waals surface area (Å²) in [5, 5.41) is 3.84. The van der Waals surface area contributed by atoms with Crippen LogP contribution in [0.1, 0.15) is 43.1 Å². The zero-order valence-corrected chi connectivity index (χ0v) is 30.9. The number of halogens is 2. The van der Waals surface area contributed by atoms with Gasteiger partial charge in [0, 0.05) is 37.6 Å². The number of aromatic nitrogens is 3. The van der Waals surface area contributed by atoms with Gasteiger partial charge in [-0.2, -0.15) is 0 Å². The minimum atomic E-state index is -4.43. The topological polar surface area (TPSA) is 214 Å². The van der Waals surface area contributed by atoms with Crippen molar-refractivity contribution in [2.24, 2.45) is 18.6 Å². The molecule has 0 unspecified atom stereocenters. The van der Waals surface area contributed by atoms with Crippen molar-refractivity contribution < 1.29 is 31.5 Å². The van der Waals surface area contributed by atoms with Gasteiger partial charge in [-0.3, -0.25) is 28.9 Å². The SMILES string of the molecule is CC/C(N)=C/N(N)c1ccc(S(=O)(=O)Nc2cc(F)c(C(=O)N[C@@H](Cc3ccc(-n4c(=O)c5ccncc5n(C)c4=O)cc3)C(=O)OC(C)C)cc2F)cc1. The number of anilines is 2. The Balaban J connectivity index is 1.35. The van der Waals surface area contributed by atoms with E-state index in [4.69, 9.17) is 16.3 Å². The van der Waals surface area contributed by atoms with Gasteiger partial charge in [-0.25, -0.2) is 37.2 Å². The Hall–Kier alpha value is -6.40. The molecule has 3 aromatic carbocycles. The molecule has 2 aromatic heterocycles. The average Bonchev–Trinajstić information content (AvgIpc) is 3.15. The molecule has 5 aromatic rings. The van der Waals surface area contributed by atoms with Crippen molar-refractivity contribution in [1.29, 1.82) is 0 Å². The number of pyridine rings is 1. The number of rotatable bonds is 13. The molecule has 0 fully saturated rings. The molecule has 0 saturated heterocycles. The molecule has 0 aliphatic heterocycles. The summed E-state index contributed by atoms with van der Waals surface area (Å²) in [6, 6.07) is 12.3. The molecule has 5 rings (SSSR count). The number of esters is 1. The second-order valence-corrected chi connectivity index (χ2v) is 14.3. The molecule has 0 aliphatic rings. The van der Waals surface area contributed by atoms with Crippen LogP contribution in [0.4, 0.5) is 20.2 Å². The van der Waals surface area contributed by atoms with Crippen LogP contribution >= 0.6 is 0 Å². The number of amides is 1. The molecule has 55 heavy (non-hydrogen) atoms. The Morgan fingerprint density at radius 1 is 1.02 bits per heavy atom. The largest absolute Gasteiger partial charge is 0.461 e. The highest BCUT2D eigenvalue weighted by Crippen LogP contribution is 2.25. The Kier molecular flexibility index (Phi) is 11.8. The van der Waals surface area contributed by atoms with Crippen LogP contribution in [-0.4, -0.2) is 46.6 Å². The third-order valence-electron chi connectivity index (χ3n) is 8.35. The number of sulfonamides is 1. The number of nitrogens with two attached hydrogens (primary N) is 2. The van der Waals surface area contributed by atoms with E-state index in [9.17, 15) is 27.6 Å². The van der Waals surface area contributed by atoms with Crippen molar-refractivity contribution >= 4 is 44.2 Å². The highest BCUT2D eigenvalue weighted by molar-refractivity contribution is 7.92. The lowest BCUT2D eigenvalue weighted by Gasteiger charge is -2.20. The average molecular weight is 777 g/mol. The Morgan fingerprint density at radius 2 is 1.69 bits per heavy atom. The van der Waals surface area contributed by atoms with Gasteiger partial charge >= 0.3 is 11.7 Å². The molecule has 18 heteroatoms. The fourth-order valence-electron chi connectivity index (χ4n) is 5.43. The van der Waals surface area contributed by atoms with Crippen LogP contribution in [0.5, 0.6) is 0 Å². The maximum Gasteiger partial charge on any atom is 0.335 e. The third kappa shape index (κ3) is 8.88. The fraction of sp³-hybridized carbons (Fsp3) is 0.216. The van der Waals surface area contributed by atoms with Gasteiger partial charge in [0.25, 0.3) is 21.5 Å². The molecular formula is C37H38F2N8O7S. The number of hydrogen-bond acceptors (Lipinski definition) is 11. The fourth-order valence-corrected chi connectivity index (χ4v) is 6.49. The van der Waals surface area contributed by atoms with E-state index < -0.39 is 68.2 Å². The summed E-state index contributed by atoms with van der Waals surface area (Å²) < 4.78 is 66.2. The van der Waals surface area contributed by atoms with Gasteiger partial charge in [0.15, 0.2) is 0 Å². The minimum Gasteiger partial charge on any atom is -0.461 e. The number of allylic oxidation sites excluding steroid dienone is 1. The van der Waals surface area contributed by atoms with Gasteiger partial charge in [-0.05, 0) is 74.4 Å². The van der Waals surface area contributed by atoms with Gasteiger partial charge in [0.2, 0.25) is 0 Å². The molecule has 1 amide bonds. The third-order valence-corrected chi connectivity index (χ3v) is 9.73. The van der Waals surface area contributed by atoms with E-state index in [2.05, 4.69) is 10.3 Å². The van der Waals surface area contributed by atoms with Crippen LogP contribution in [0.3, 0.4) is 0 Å². The van der Waals surface area contributed by atoms with E-state index in [1.807, 2.05) is 11.6 Å². The molecule has 15 nitrogen and oxygen atoms in total. The van der Waals surface area contributed by atoms with Crippen LogP contribution in [-0.2, 0) is 33.0 Å². The van der Waals surface area contributed by atoms with E-state index in [1.165, 1.54) is 89.8 Å². The van der Waals surface area contributed by atoms with Gasteiger partial charge in [-0.15, -0.1) is 0 Å². The lowest BCUT2D eigenvalue weighted by atomic mass is 10.0. The lowest BCUT2D eigenvalue weighted by molar-refractivity contribution is -0.149. The predicted octanol–water partition coefficient (Wildman–Crippen LogP) is 3.35. The standard InChI is InChI=1S/C37H38F2N8O7S/c1-5-23(40)20-46(41)24-10-12-26(13-11-24)55(52,53)44-31-18-29(38)28(17-30(31)39)34(48)43-32(36(50)54-21(2)3)16-22-6-8-25(9-7-22)47-35(49)27-14-15-42-19-33(27)45(4)37(47)51/h6-15,17-21,32,44H,5,16,40-41H2,1-4H3,(H,43,48)/b23-20-/t32-/m0/s1. The quantitative estimate of drug-likeness (QED) is 0.0773. The highest BCUT2D eigenvalue weighted by Gasteiger charge is 2.27. The molecule has 288 valence electrons. The van der Waals surface area contributed by atoms with Crippen LogP contribution in [0, 0.1) is 11.6 Å². The zero-order valence-electron chi connectivity index (χ0n) is 30.1. The first-order chi connectivity index (χ1) is 26.0. The van der Waals surface area contributed by atoms with Crippen molar-refractivity contribution in [3.05, 3.63) is 135 Å². The summed E-state index contributed by atoms with van der Waals surface area (Å²) in [5.41, 5.74) is 4.95. The Bertz CT molecular complexity index is 2520. The number of aryl methyl sites for hydroxylation is 1. The van der Waals surface area contributed by atoms with Crippen molar-refractivity contribution in [3.8, 4) is 5.69 Å². The van der Waals surface area contributed by atoms with Crippen LogP contribution in [0.15, 0.2) is 106 Å². The summed E-state index contributed by atoms with van der Waals surface area (Å²) >= 11 is 0. The van der Waals surface area contributed by atoms with E-state index >= 15 is 8.78 Å². The van der Waals surface area contributed by atoms with E-state index in [1.54, 1.807) is 13.8 Å². The molecule has 0 spiro atoms. The molecule has 1 atom stereocenters. The first kappa shape index (κ1) is 39.8. The first-order valence-electron chi connectivity index (χ1n) is 16.8. The summed E-state index contributed by atoms with van der Waals surface area (Å²) in [5.74, 6) is 1.30. The molecule has 0 radical (unpaired) electrons. The van der Waals surface area contributed by atoms with E-state index in [0.29, 0.717) is 41.0 Å². The van der Waals surface area contributed by atoms with Gasteiger partial charge in [0.1, 0.15) is 17.7 Å². The number of hydrazine groups is 1. The van der Waals surface area contributed by atoms with Crippen molar-refractivity contribution in [2.45, 2.75) is 50.7 Å². The van der Waals surface area contributed by atoms with Crippen LogP contribution in [0.25, 0.3) is 16.6 Å². The van der Waals surface area contributed by atoms with Gasteiger partial charge < -0.3 is 15.8 Å². The van der Waals surface area contributed by atoms with Crippen molar-refractivity contribution in [1.82, 2.24) is 19.4 Å². The zero-order chi connectivity index (χ0) is 40.2. The molecule has 0 bridgehead atoms. The first-order valence-corrected chi connectivity index (χ1v) is 18.3. The second-order valence-electron chi connectivity index (χ2n) is 12.6. The van der Waals surface area contributed by atoms with Crippen molar-refractivity contribution in [3.63, 3.8) is 0 Å². The summed E-state index contributed by atoms with van der Waals surface area (Å²) in [7, 11) is -2.92. The normalized spacial score (nSPS) is 12.4. The maximum atomic E-state index is 15.3. The second kappa shape index (κ2) is 16.3. The van der Waals surface area contributed by atoms with Crippen LogP contribution in [0.2, 0.25) is 0 Å². The summed E-state index contributed by atoms with van der Waals surface area (Å²) in [4.78, 5) is 56.3. The highest BCUT2D eigenvalue weighted by atomic mass is 32.2. The number of carbonyl (C=O) groups is 2. The Morgan fingerprint density at radius 3 is 2.33 bits per heavy atom. The number of fused-ring (bicyclic) bond motifs is 1. The molecular weight excluding hydrogens is 739 g/mol. The maximum absolute atomic E-state index is 15.3. The summed E-state index contributed by atoms with van der Waals surface area (Å²) in [6.07, 6.45) is 4.07. The minimum absolute atomic E-state index is 0.182. The number of nitrogens with one attached hydrogen (secondary N) is 2. The number of hydrogen-bond donors (Lipinski definition) is 4. The molecule has 2 heterocycles. The van der Waals surface area contributed by atoms with E-state index in [-0.39, 0.29) is 22.4 Å².